The Labute approximate surface area is 168 Å². The van der Waals surface area contributed by atoms with Gasteiger partial charge in [0, 0.05) is 23.4 Å². The average molecular weight is 388 g/mol. The van der Waals surface area contributed by atoms with Gasteiger partial charge in [-0.25, -0.2) is 0 Å². The lowest BCUT2D eigenvalue weighted by Crippen LogP contribution is -2.31. The second-order valence-corrected chi connectivity index (χ2v) is 6.67. The first-order chi connectivity index (χ1) is 14.1. The number of anilines is 2. The van der Waals surface area contributed by atoms with Crippen molar-refractivity contribution in [3.63, 3.8) is 0 Å². The Balaban J connectivity index is 1.35. The van der Waals surface area contributed by atoms with E-state index < -0.39 is 6.10 Å². The number of nitrogens with one attached hydrogen (secondary N) is 2. The van der Waals surface area contributed by atoms with Gasteiger partial charge >= 0.3 is 0 Å². The molecule has 0 aliphatic carbocycles. The summed E-state index contributed by atoms with van der Waals surface area (Å²) in [5, 5.41) is 5.66. The van der Waals surface area contributed by atoms with Crippen LogP contribution in [0.1, 0.15) is 15.9 Å². The minimum Gasteiger partial charge on any atom is -0.497 e. The van der Waals surface area contributed by atoms with E-state index in [1.54, 1.807) is 55.6 Å². The molecule has 0 spiro atoms. The van der Waals surface area contributed by atoms with Crippen molar-refractivity contribution in [1.29, 1.82) is 0 Å². The van der Waals surface area contributed by atoms with Crippen LogP contribution in [0.15, 0.2) is 72.8 Å². The smallest absolute Gasteiger partial charge is 0.265 e. The van der Waals surface area contributed by atoms with Crippen molar-refractivity contribution >= 4 is 23.2 Å². The molecule has 4 rings (SSSR count). The van der Waals surface area contributed by atoms with Gasteiger partial charge in [-0.2, -0.15) is 0 Å². The van der Waals surface area contributed by atoms with E-state index in [0.717, 1.165) is 17.1 Å². The predicted molar refractivity (Wildman–Crippen MR) is 111 cm³/mol. The number of hydrogen-bond donors (Lipinski definition) is 2. The summed E-state index contributed by atoms with van der Waals surface area (Å²) in [5.41, 5.74) is 2.79. The van der Waals surface area contributed by atoms with Gasteiger partial charge in [0.2, 0.25) is 0 Å². The molecule has 0 aromatic heterocycles. The highest BCUT2D eigenvalue weighted by Gasteiger charge is 2.28. The topological polar surface area (TPSA) is 76.7 Å². The highest BCUT2D eigenvalue weighted by Crippen LogP contribution is 2.28. The van der Waals surface area contributed by atoms with Crippen LogP contribution in [0, 0.1) is 0 Å². The molecule has 2 amide bonds. The summed E-state index contributed by atoms with van der Waals surface area (Å²) in [7, 11) is 1.59. The fraction of sp³-hybridized carbons (Fsp3) is 0.130. The molecular formula is C23H20N2O4. The van der Waals surface area contributed by atoms with Gasteiger partial charge in [0.15, 0.2) is 6.10 Å². The summed E-state index contributed by atoms with van der Waals surface area (Å²) in [5.74, 6) is 1.02. The van der Waals surface area contributed by atoms with Crippen LogP contribution in [0.2, 0.25) is 0 Å². The van der Waals surface area contributed by atoms with Crippen LogP contribution < -0.4 is 20.1 Å². The van der Waals surface area contributed by atoms with Crippen LogP contribution >= 0.6 is 0 Å². The zero-order valence-corrected chi connectivity index (χ0v) is 15.8. The number of carbonyl (C=O) groups excluding carboxylic acids is 2. The number of hydrogen-bond acceptors (Lipinski definition) is 4. The monoisotopic (exact) mass is 388 g/mol. The Kier molecular flexibility index (Phi) is 5.16. The van der Waals surface area contributed by atoms with Gasteiger partial charge in [-0.1, -0.05) is 18.2 Å². The molecule has 1 atom stereocenters. The molecule has 0 bridgehead atoms. The largest absolute Gasteiger partial charge is 0.497 e. The van der Waals surface area contributed by atoms with E-state index in [4.69, 9.17) is 9.47 Å². The lowest BCUT2D eigenvalue weighted by Gasteiger charge is -2.12. The average Bonchev–Trinajstić information content (AvgIpc) is 3.19. The lowest BCUT2D eigenvalue weighted by molar-refractivity contribution is -0.122. The van der Waals surface area contributed by atoms with Gasteiger partial charge in [-0.05, 0) is 60.2 Å². The zero-order valence-electron chi connectivity index (χ0n) is 15.8. The molecule has 0 saturated carbocycles. The first-order valence-electron chi connectivity index (χ1n) is 9.23. The zero-order chi connectivity index (χ0) is 20.2. The molecule has 0 fully saturated rings. The highest BCUT2D eigenvalue weighted by molar-refractivity contribution is 6.04. The quantitative estimate of drug-likeness (QED) is 0.695. The van der Waals surface area contributed by atoms with Gasteiger partial charge in [0.1, 0.15) is 11.5 Å². The molecule has 146 valence electrons. The van der Waals surface area contributed by atoms with E-state index in [2.05, 4.69) is 10.6 Å². The molecule has 1 aliphatic rings. The van der Waals surface area contributed by atoms with Crippen LogP contribution in [-0.2, 0) is 11.2 Å². The number of para-hydroxylation sites is 1. The van der Waals surface area contributed by atoms with Crippen molar-refractivity contribution in [1.82, 2.24) is 0 Å². The second-order valence-electron chi connectivity index (χ2n) is 6.67. The molecule has 6 heteroatoms. The van der Waals surface area contributed by atoms with Crippen LogP contribution in [-0.4, -0.2) is 25.0 Å². The SMILES string of the molecule is COc1ccc(NC(=O)c2ccc(NC(=O)C3Cc4ccccc4O3)cc2)cc1. The van der Waals surface area contributed by atoms with E-state index in [9.17, 15) is 9.59 Å². The van der Waals surface area contributed by atoms with Crippen molar-refractivity contribution in [3.05, 3.63) is 83.9 Å². The number of amides is 2. The van der Waals surface area contributed by atoms with Crippen LogP contribution in [0.3, 0.4) is 0 Å². The molecule has 2 N–H and O–H groups in total. The van der Waals surface area contributed by atoms with Crippen molar-refractivity contribution in [2.45, 2.75) is 12.5 Å². The Bertz CT molecular complexity index is 1000. The van der Waals surface area contributed by atoms with Crippen LogP contribution in [0.5, 0.6) is 11.5 Å². The number of rotatable bonds is 5. The lowest BCUT2D eigenvalue weighted by atomic mass is 10.1. The molecule has 6 nitrogen and oxygen atoms in total. The Morgan fingerprint density at radius 1 is 0.897 bits per heavy atom. The molecule has 0 radical (unpaired) electrons. The first-order valence-corrected chi connectivity index (χ1v) is 9.23. The normalized spacial score (nSPS) is 14.4. The second kappa shape index (κ2) is 8.06. The van der Waals surface area contributed by atoms with Crippen LogP contribution in [0.25, 0.3) is 0 Å². The van der Waals surface area contributed by atoms with Crippen LogP contribution in [0.4, 0.5) is 11.4 Å². The summed E-state index contributed by atoms with van der Waals surface area (Å²) in [6.07, 6.45) is -0.00452. The molecule has 3 aromatic carbocycles. The van der Waals surface area contributed by atoms with E-state index in [1.807, 2.05) is 24.3 Å². The van der Waals surface area contributed by atoms with Gasteiger partial charge < -0.3 is 20.1 Å². The summed E-state index contributed by atoms with van der Waals surface area (Å²) >= 11 is 0. The maximum Gasteiger partial charge on any atom is 0.265 e. The third-order valence-corrected chi connectivity index (χ3v) is 4.70. The number of benzene rings is 3. The van der Waals surface area contributed by atoms with Crippen molar-refractivity contribution in [3.8, 4) is 11.5 Å². The Hall–Kier alpha value is -3.80. The van der Waals surface area contributed by atoms with E-state index in [1.165, 1.54) is 0 Å². The summed E-state index contributed by atoms with van der Waals surface area (Å²) in [6, 6.07) is 21.4. The highest BCUT2D eigenvalue weighted by atomic mass is 16.5. The molecule has 1 aliphatic heterocycles. The Morgan fingerprint density at radius 3 is 2.24 bits per heavy atom. The maximum atomic E-state index is 12.5. The maximum absolute atomic E-state index is 12.5. The van der Waals surface area contributed by atoms with E-state index in [-0.39, 0.29) is 11.8 Å². The summed E-state index contributed by atoms with van der Waals surface area (Å²) in [6.45, 7) is 0. The number of methoxy groups -OCH3 is 1. The fourth-order valence-corrected chi connectivity index (χ4v) is 3.13. The molecule has 29 heavy (non-hydrogen) atoms. The standard InChI is InChI=1S/C23H20N2O4/c1-28-19-12-10-18(11-13-19)24-22(26)15-6-8-17(9-7-15)25-23(27)21-14-16-4-2-3-5-20(16)29-21/h2-13,21H,14H2,1H3,(H,24,26)(H,25,27). The van der Waals surface area contributed by atoms with Gasteiger partial charge in [0.25, 0.3) is 11.8 Å². The predicted octanol–water partition coefficient (Wildman–Crippen LogP) is 3.89. The number of fused-ring (bicyclic) bond motifs is 1. The molecule has 1 heterocycles. The number of ether oxygens (including phenoxy) is 2. The van der Waals surface area contributed by atoms with E-state index >= 15 is 0 Å². The van der Waals surface area contributed by atoms with Crippen molar-refractivity contribution < 1.29 is 19.1 Å². The third kappa shape index (κ3) is 4.21. The van der Waals surface area contributed by atoms with Gasteiger partial charge in [-0.15, -0.1) is 0 Å². The molecular weight excluding hydrogens is 368 g/mol. The van der Waals surface area contributed by atoms with Crippen molar-refractivity contribution in [2.24, 2.45) is 0 Å². The van der Waals surface area contributed by atoms with Crippen molar-refractivity contribution in [2.75, 3.05) is 17.7 Å². The minimum atomic E-state index is -0.551. The molecule has 0 saturated heterocycles. The summed E-state index contributed by atoms with van der Waals surface area (Å²) in [4.78, 5) is 24.9. The first kappa shape index (κ1) is 18.6. The minimum absolute atomic E-state index is 0.211. The molecule has 1 unspecified atom stereocenters. The van der Waals surface area contributed by atoms with Gasteiger partial charge in [-0.3, -0.25) is 9.59 Å². The molecule has 3 aromatic rings. The Morgan fingerprint density at radius 2 is 1.55 bits per heavy atom. The fourth-order valence-electron chi connectivity index (χ4n) is 3.13. The summed E-state index contributed by atoms with van der Waals surface area (Å²) < 4.78 is 10.8. The number of carbonyl (C=O) groups is 2. The third-order valence-electron chi connectivity index (χ3n) is 4.70. The van der Waals surface area contributed by atoms with Gasteiger partial charge in [0.05, 0.1) is 7.11 Å². The van der Waals surface area contributed by atoms with E-state index in [0.29, 0.717) is 23.4 Å².